The molecule has 2 unspecified atom stereocenters. The van der Waals surface area contributed by atoms with Crippen LogP contribution in [-0.4, -0.2) is 0 Å². The topological polar surface area (TPSA) is 0 Å². The van der Waals surface area contributed by atoms with Gasteiger partial charge >= 0.3 is 0 Å². The van der Waals surface area contributed by atoms with Crippen LogP contribution < -0.4 is 0 Å². The highest BCUT2D eigenvalue weighted by Gasteiger charge is 2.20. The first kappa shape index (κ1) is 14.4. The van der Waals surface area contributed by atoms with Crippen LogP contribution in [0, 0.1) is 6.42 Å². The molecule has 0 aliphatic heterocycles. The second-order valence-corrected chi connectivity index (χ2v) is 6.46. The zero-order valence-electron chi connectivity index (χ0n) is 13.6. The van der Waals surface area contributed by atoms with Gasteiger partial charge in [0, 0.05) is 6.42 Å². The first-order chi connectivity index (χ1) is 10.1. The summed E-state index contributed by atoms with van der Waals surface area (Å²) in [5, 5.41) is 0. The van der Waals surface area contributed by atoms with Crippen molar-refractivity contribution in [2.45, 2.75) is 52.4 Å². The lowest BCUT2D eigenvalue weighted by Gasteiger charge is -2.11. The van der Waals surface area contributed by atoms with Gasteiger partial charge in [-0.2, -0.15) is 0 Å². The molecule has 2 atom stereocenters. The van der Waals surface area contributed by atoms with E-state index in [-0.39, 0.29) is 0 Å². The second-order valence-electron chi connectivity index (χ2n) is 6.46. The van der Waals surface area contributed by atoms with E-state index < -0.39 is 0 Å². The van der Waals surface area contributed by atoms with E-state index >= 15 is 0 Å². The van der Waals surface area contributed by atoms with E-state index in [4.69, 9.17) is 0 Å². The molecule has 0 heteroatoms. The molecular weight excluding hydrogens is 252 g/mol. The molecule has 2 aromatic rings. The van der Waals surface area contributed by atoms with Gasteiger partial charge in [-0.1, -0.05) is 64.1 Å². The Kier molecular flexibility index (Phi) is 3.89. The van der Waals surface area contributed by atoms with Gasteiger partial charge in [0.25, 0.3) is 0 Å². The Morgan fingerprint density at radius 3 is 1.52 bits per heavy atom. The highest BCUT2D eigenvalue weighted by atomic mass is 14.2. The van der Waals surface area contributed by atoms with E-state index in [1.807, 2.05) is 0 Å². The van der Waals surface area contributed by atoms with Crippen LogP contribution >= 0.6 is 0 Å². The number of fused-ring (bicyclic) bond motifs is 3. The molecule has 1 aliphatic carbocycles. The summed E-state index contributed by atoms with van der Waals surface area (Å²) in [7, 11) is 0. The molecule has 0 saturated carbocycles. The van der Waals surface area contributed by atoms with Crippen molar-refractivity contribution in [3.8, 4) is 11.1 Å². The molecule has 1 radical (unpaired) electrons. The summed E-state index contributed by atoms with van der Waals surface area (Å²) < 4.78 is 0. The molecule has 109 valence electrons. The Labute approximate surface area is 129 Å². The lowest BCUT2D eigenvalue weighted by Crippen LogP contribution is -1.92. The van der Waals surface area contributed by atoms with Gasteiger partial charge < -0.3 is 0 Å². The molecule has 0 saturated heterocycles. The van der Waals surface area contributed by atoms with E-state index in [1.54, 1.807) is 0 Å². The Hall–Kier alpha value is -1.56. The average molecular weight is 277 g/mol. The third kappa shape index (κ3) is 2.52. The summed E-state index contributed by atoms with van der Waals surface area (Å²) in [6.07, 6.45) is 4.76. The van der Waals surface area contributed by atoms with Crippen LogP contribution in [0.25, 0.3) is 11.1 Å². The minimum atomic E-state index is 0.642. The molecule has 0 bridgehead atoms. The van der Waals surface area contributed by atoms with Gasteiger partial charge in [-0.3, -0.25) is 0 Å². The lowest BCUT2D eigenvalue weighted by atomic mass is 9.94. The molecule has 0 heterocycles. The van der Waals surface area contributed by atoms with Crippen LogP contribution in [0.1, 0.15) is 74.6 Å². The monoisotopic (exact) mass is 277 g/mol. The Morgan fingerprint density at radius 2 is 1.14 bits per heavy atom. The predicted molar refractivity (Wildman–Crippen MR) is 91.8 cm³/mol. The first-order valence-electron chi connectivity index (χ1n) is 8.27. The van der Waals surface area contributed by atoms with Crippen molar-refractivity contribution in [2.24, 2.45) is 0 Å². The third-order valence-electron chi connectivity index (χ3n) is 5.12. The maximum atomic E-state index is 2.38. The summed E-state index contributed by atoms with van der Waals surface area (Å²) in [6.45, 7) is 9.14. The van der Waals surface area contributed by atoms with Crippen LogP contribution in [-0.2, 0) is 0 Å². The molecule has 1 aliphatic rings. The fourth-order valence-electron chi connectivity index (χ4n) is 3.14. The first-order valence-corrected chi connectivity index (χ1v) is 8.27. The zero-order valence-corrected chi connectivity index (χ0v) is 13.6. The van der Waals surface area contributed by atoms with Crippen LogP contribution in [0.4, 0.5) is 0 Å². The third-order valence-corrected chi connectivity index (χ3v) is 5.12. The van der Waals surface area contributed by atoms with Gasteiger partial charge in [0.15, 0.2) is 0 Å². The van der Waals surface area contributed by atoms with Crippen LogP contribution in [0.2, 0.25) is 0 Å². The van der Waals surface area contributed by atoms with Gasteiger partial charge in [0.1, 0.15) is 0 Å². The predicted octanol–water partition coefficient (Wildman–Crippen LogP) is 6.29. The molecule has 0 nitrogen and oxygen atoms in total. The van der Waals surface area contributed by atoms with Crippen molar-refractivity contribution in [1.29, 1.82) is 0 Å². The fraction of sp³-hybridized carbons (Fsp3) is 0.381. The van der Waals surface area contributed by atoms with Gasteiger partial charge in [-0.25, -0.2) is 0 Å². The Balaban J connectivity index is 1.97. The van der Waals surface area contributed by atoms with Gasteiger partial charge in [-0.05, 0) is 58.1 Å². The van der Waals surface area contributed by atoms with E-state index in [2.05, 4.69) is 70.5 Å². The number of hydrogen-bond donors (Lipinski definition) is 0. The van der Waals surface area contributed by atoms with Crippen LogP contribution in [0.3, 0.4) is 0 Å². The van der Waals surface area contributed by atoms with Crippen LogP contribution in [0.15, 0.2) is 36.4 Å². The van der Waals surface area contributed by atoms with Crippen molar-refractivity contribution in [3.63, 3.8) is 0 Å². The summed E-state index contributed by atoms with van der Waals surface area (Å²) >= 11 is 0. The van der Waals surface area contributed by atoms with Crippen molar-refractivity contribution < 1.29 is 0 Å². The highest BCUT2D eigenvalue weighted by molar-refractivity contribution is 5.81. The molecule has 0 amide bonds. The maximum absolute atomic E-state index is 2.38. The van der Waals surface area contributed by atoms with Crippen molar-refractivity contribution in [1.82, 2.24) is 0 Å². The van der Waals surface area contributed by atoms with Gasteiger partial charge in [0.2, 0.25) is 0 Å². The van der Waals surface area contributed by atoms with Gasteiger partial charge in [-0.15, -0.1) is 0 Å². The summed E-state index contributed by atoms with van der Waals surface area (Å²) in [5.74, 6) is 1.28. The molecule has 0 spiro atoms. The van der Waals surface area contributed by atoms with Crippen molar-refractivity contribution >= 4 is 0 Å². The molecule has 0 fully saturated rings. The summed E-state index contributed by atoms with van der Waals surface area (Å²) in [5.41, 5.74) is 8.50. The smallest absolute Gasteiger partial charge is 0.0212 e. The second kappa shape index (κ2) is 5.67. The molecule has 21 heavy (non-hydrogen) atoms. The Bertz CT molecular complexity index is 594. The van der Waals surface area contributed by atoms with Crippen molar-refractivity contribution in [2.75, 3.05) is 0 Å². The molecule has 3 rings (SSSR count). The minimum absolute atomic E-state index is 0.642. The highest BCUT2D eigenvalue weighted by Crippen LogP contribution is 2.40. The minimum Gasteiger partial charge on any atom is -0.0648 e. The lowest BCUT2D eigenvalue weighted by molar-refractivity contribution is 0.733. The maximum Gasteiger partial charge on any atom is 0.0212 e. The molecular formula is C21H25. The Morgan fingerprint density at radius 1 is 0.714 bits per heavy atom. The van der Waals surface area contributed by atoms with Crippen LogP contribution in [0.5, 0.6) is 0 Å². The summed E-state index contributed by atoms with van der Waals surface area (Å²) in [6, 6.07) is 14.0. The van der Waals surface area contributed by atoms with Gasteiger partial charge in [0.05, 0.1) is 0 Å². The van der Waals surface area contributed by atoms with E-state index in [9.17, 15) is 0 Å². The average Bonchev–Trinajstić information content (AvgIpc) is 2.89. The quantitative estimate of drug-likeness (QED) is 0.525. The molecule has 2 aromatic carbocycles. The van der Waals surface area contributed by atoms with E-state index in [1.165, 1.54) is 46.2 Å². The van der Waals surface area contributed by atoms with E-state index in [0.717, 1.165) is 0 Å². The standard InChI is InChI=1S/C21H25/c1-5-14(3)16-7-9-20-18(11-16)13-19-12-17(15(4)6-2)8-10-21(19)20/h7-15H,5-6H2,1-4H3. The summed E-state index contributed by atoms with van der Waals surface area (Å²) in [4.78, 5) is 0. The zero-order chi connectivity index (χ0) is 15.0. The van der Waals surface area contributed by atoms with Crippen molar-refractivity contribution in [3.05, 3.63) is 65.1 Å². The molecule has 0 N–H and O–H groups in total. The SMILES string of the molecule is CCC(C)c1ccc2c(c1)[CH]c1cc(C(C)CC)ccc1-2. The molecule has 0 aromatic heterocycles. The fourth-order valence-corrected chi connectivity index (χ4v) is 3.14. The number of benzene rings is 2. The van der Waals surface area contributed by atoms with E-state index in [0.29, 0.717) is 11.8 Å². The number of hydrogen-bond acceptors (Lipinski definition) is 0. The largest absolute Gasteiger partial charge is 0.0648 e. The normalized spacial score (nSPS) is 15.4. The number of rotatable bonds is 4.